The molecule has 0 saturated carbocycles. The van der Waals surface area contributed by atoms with Crippen LogP contribution in [-0.2, 0) is 0 Å². The Morgan fingerprint density at radius 2 is 2.00 bits per heavy atom. The average Bonchev–Trinajstić information content (AvgIpc) is 2.48. The van der Waals surface area contributed by atoms with E-state index in [1.54, 1.807) is 11.3 Å². The van der Waals surface area contributed by atoms with Crippen molar-refractivity contribution in [1.82, 2.24) is 4.98 Å². The molecular weight excluding hydrogens is 202 g/mol. The van der Waals surface area contributed by atoms with Gasteiger partial charge in [-0.15, -0.1) is 11.3 Å². The second-order valence-corrected chi connectivity index (χ2v) is 4.02. The van der Waals surface area contributed by atoms with Gasteiger partial charge in [0.2, 0.25) is 0 Å². The van der Waals surface area contributed by atoms with E-state index in [1.165, 1.54) is 0 Å². The van der Waals surface area contributed by atoms with Gasteiger partial charge in [0, 0.05) is 5.02 Å². The van der Waals surface area contributed by atoms with Crippen LogP contribution in [-0.4, -0.2) is 4.98 Å². The zero-order chi connectivity index (χ0) is 9.84. The first kappa shape index (κ1) is 10.5. The molecule has 70 valence electrons. The lowest BCUT2D eigenvalue weighted by molar-refractivity contribution is 1.35. The Balaban J connectivity index is 0.000000396. The maximum absolute atomic E-state index is 5.81. The van der Waals surface area contributed by atoms with Gasteiger partial charge in [-0.05, 0) is 25.1 Å². The van der Waals surface area contributed by atoms with E-state index in [9.17, 15) is 0 Å². The summed E-state index contributed by atoms with van der Waals surface area (Å²) in [6.45, 7) is 6.00. The van der Waals surface area contributed by atoms with E-state index < -0.39 is 0 Å². The normalized spacial score (nSPS) is 9.54. The summed E-state index contributed by atoms with van der Waals surface area (Å²) in [5.74, 6) is 0. The van der Waals surface area contributed by atoms with Gasteiger partial charge in [-0.3, -0.25) is 0 Å². The smallest absolute Gasteiger partial charge is 0.0907 e. The minimum Gasteiger partial charge on any atom is -0.242 e. The predicted molar refractivity (Wildman–Crippen MR) is 60.7 cm³/mol. The van der Waals surface area contributed by atoms with Crippen molar-refractivity contribution >= 4 is 33.2 Å². The molecule has 0 amide bonds. The lowest BCUT2D eigenvalue weighted by Gasteiger charge is -1.86. The largest absolute Gasteiger partial charge is 0.242 e. The van der Waals surface area contributed by atoms with Crippen LogP contribution in [0.5, 0.6) is 0 Å². The summed E-state index contributed by atoms with van der Waals surface area (Å²) >= 11 is 7.48. The van der Waals surface area contributed by atoms with Gasteiger partial charge in [0.25, 0.3) is 0 Å². The van der Waals surface area contributed by atoms with Crippen LogP contribution >= 0.6 is 22.9 Å². The number of benzene rings is 1. The zero-order valence-corrected chi connectivity index (χ0v) is 9.54. The summed E-state index contributed by atoms with van der Waals surface area (Å²) in [6, 6.07) is 5.76. The Bertz CT molecular complexity index is 395. The van der Waals surface area contributed by atoms with E-state index in [0.717, 1.165) is 20.2 Å². The Morgan fingerprint density at radius 1 is 1.31 bits per heavy atom. The third-order valence-electron chi connectivity index (χ3n) is 1.46. The molecular formula is C10H12ClNS. The minimum absolute atomic E-state index is 0.779. The van der Waals surface area contributed by atoms with Crippen LogP contribution in [0.4, 0.5) is 0 Å². The molecule has 1 aromatic heterocycles. The van der Waals surface area contributed by atoms with E-state index in [1.807, 2.05) is 39.0 Å². The van der Waals surface area contributed by atoms with Gasteiger partial charge in [0.05, 0.1) is 15.2 Å². The molecule has 2 aromatic rings. The highest BCUT2D eigenvalue weighted by Gasteiger charge is 1.98. The molecule has 0 spiro atoms. The van der Waals surface area contributed by atoms with Crippen LogP contribution in [0.25, 0.3) is 10.2 Å². The first-order valence-electron chi connectivity index (χ1n) is 4.28. The second-order valence-electron chi connectivity index (χ2n) is 2.34. The maximum Gasteiger partial charge on any atom is 0.0907 e. The van der Waals surface area contributed by atoms with Gasteiger partial charge < -0.3 is 0 Å². The number of nitrogens with zero attached hydrogens (tertiary/aromatic N) is 1. The van der Waals surface area contributed by atoms with Crippen molar-refractivity contribution in [2.75, 3.05) is 0 Å². The fourth-order valence-corrected chi connectivity index (χ4v) is 2.12. The molecule has 0 bridgehead atoms. The SMILES string of the molecule is CC.Cc1nc2ccc(Cl)cc2s1. The Kier molecular flexibility index (Phi) is 3.70. The summed E-state index contributed by atoms with van der Waals surface area (Å²) in [7, 11) is 0. The van der Waals surface area contributed by atoms with Crippen LogP contribution in [0, 0.1) is 6.92 Å². The average molecular weight is 214 g/mol. The molecule has 0 N–H and O–H groups in total. The van der Waals surface area contributed by atoms with Crippen LogP contribution in [0.1, 0.15) is 18.9 Å². The maximum atomic E-state index is 5.81. The Hall–Kier alpha value is -0.600. The lowest BCUT2D eigenvalue weighted by Crippen LogP contribution is -1.67. The third kappa shape index (κ3) is 2.42. The molecule has 1 heterocycles. The third-order valence-corrected chi connectivity index (χ3v) is 2.63. The first-order chi connectivity index (χ1) is 6.25. The molecule has 0 radical (unpaired) electrons. The summed E-state index contributed by atoms with van der Waals surface area (Å²) in [6.07, 6.45) is 0. The van der Waals surface area contributed by atoms with Gasteiger partial charge >= 0.3 is 0 Å². The zero-order valence-electron chi connectivity index (χ0n) is 7.97. The number of aryl methyl sites for hydroxylation is 1. The van der Waals surface area contributed by atoms with E-state index in [0.29, 0.717) is 0 Å². The molecule has 1 nitrogen and oxygen atoms in total. The molecule has 2 rings (SSSR count). The van der Waals surface area contributed by atoms with Crippen molar-refractivity contribution in [3.8, 4) is 0 Å². The van der Waals surface area contributed by atoms with Crippen molar-refractivity contribution in [1.29, 1.82) is 0 Å². The number of hydrogen-bond acceptors (Lipinski definition) is 2. The van der Waals surface area contributed by atoms with Crippen LogP contribution < -0.4 is 0 Å². The van der Waals surface area contributed by atoms with Gasteiger partial charge in [0.1, 0.15) is 0 Å². The van der Waals surface area contributed by atoms with Gasteiger partial charge in [0.15, 0.2) is 0 Å². The number of aromatic nitrogens is 1. The molecule has 0 aliphatic carbocycles. The van der Waals surface area contributed by atoms with Gasteiger partial charge in [-0.25, -0.2) is 4.98 Å². The summed E-state index contributed by atoms with van der Waals surface area (Å²) in [4.78, 5) is 4.31. The molecule has 0 unspecified atom stereocenters. The van der Waals surface area contributed by atoms with Crippen LogP contribution in [0.3, 0.4) is 0 Å². The Morgan fingerprint density at radius 3 is 2.69 bits per heavy atom. The summed E-state index contributed by atoms with van der Waals surface area (Å²) < 4.78 is 1.16. The topological polar surface area (TPSA) is 12.9 Å². The lowest BCUT2D eigenvalue weighted by atomic mass is 10.3. The van der Waals surface area contributed by atoms with Crippen LogP contribution in [0.15, 0.2) is 18.2 Å². The minimum atomic E-state index is 0.779. The summed E-state index contributed by atoms with van der Waals surface area (Å²) in [5, 5.41) is 1.86. The highest BCUT2D eigenvalue weighted by atomic mass is 35.5. The fraction of sp³-hybridized carbons (Fsp3) is 0.300. The quantitative estimate of drug-likeness (QED) is 0.637. The molecule has 0 saturated heterocycles. The monoisotopic (exact) mass is 213 g/mol. The molecule has 0 aliphatic rings. The number of thiazole rings is 1. The van der Waals surface area contributed by atoms with Crippen molar-refractivity contribution in [2.45, 2.75) is 20.8 Å². The first-order valence-corrected chi connectivity index (χ1v) is 5.48. The predicted octanol–water partition coefficient (Wildman–Crippen LogP) is 4.28. The molecule has 0 fully saturated rings. The van der Waals surface area contributed by atoms with Crippen LogP contribution in [0.2, 0.25) is 5.02 Å². The highest BCUT2D eigenvalue weighted by Crippen LogP contribution is 2.24. The molecule has 0 atom stereocenters. The van der Waals surface area contributed by atoms with E-state index in [4.69, 9.17) is 11.6 Å². The number of halogens is 1. The fourth-order valence-electron chi connectivity index (χ4n) is 1.01. The van der Waals surface area contributed by atoms with Crippen molar-refractivity contribution in [3.63, 3.8) is 0 Å². The van der Waals surface area contributed by atoms with E-state index >= 15 is 0 Å². The summed E-state index contributed by atoms with van der Waals surface area (Å²) in [5.41, 5.74) is 1.04. The molecule has 0 aliphatic heterocycles. The van der Waals surface area contributed by atoms with Gasteiger partial charge in [-0.2, -0.15) is 0 Å². The standard InChI is InChI=1S/C8H6ClNS.C2H6/c1-5-10-7-3-2-6(9)4-8(7)11-5;1-2/h2-4H,1H3;1-2H3. The molecule has 3 heteroatoms. The highest BCUT2D eigenvalue weighted by molar-refractivity contribution is 7.18. The van der Waals surface area contributed by atoms with Crippen molar-refractivity contribution < 1.29 is 0 Å². The number of hydrogen-bond donors (Lipinski definition) is 0. The molecule has 13 heavy (non-hydrogen) atoms. The van der Waals surface area contributed by atoms with Gasteiger partial charge in [-0.1, -0.05) is 25.4 Å². The second kappa shape index (κ2) is 4.58. The number of rotatable bonds is 0. The Labute approximate surface area is 87.4 Å². The van der Waals surface area contributed by atoms with E-state index in [-0.39, 0.29) is 0 Å². The van der Waals surface area contributed by atoms with Crippen molar-refractivity contribution in [3.05, 3.63) is 28.2 Å². The van der Waals surface area contributed by atoms with E-state index in [2.05, 4.69) is 4.98 Å². The van der Waals surface area contributed by atoms with Crippen molar-refractivity contribution in [2.24, 2.45) is 0 Å². The molecule has 1 aromatic carbocycles. The number of fused-ring (bicyclic) bond motifs is 1.